The highest BCUT2D eigenvalue weighted by molar-refractivity contribution is 6.15. The molecule has 0 spiro atoms. The number of hydrogen-bond acceptors (Lipinski definition) is 2. The fourth-order valence-electron chi connectivity index (χ4n) is 16.7. The van der Waals surface area contributed by atoms with Crippen LogP contribution in [-0.4, -0.2) is 23.3 Å². The number of nitrogens with zero attached hydrogens (tertiary/aromatic N) is 6. The molecule has 20 aromatic rings. The van der Waals surface area contributed by atoms with Gasteiger partial charge in [0.15, 0.2) is 0 Å². The van der Waals surface area contributed by atoms with E-state index >= 15 is 0 Å². The number of aryl methyl sites for hydroxylation is 2. The molecule has 5 aromatic heterocycles. The zero-order chi connectivity index (χ0) is 69.1. The van der Waals surface area contributed by atoms with Gasteiger partial charge in [-0.05, 0) is 180 Å². The quantitative estimate of drug-likeness (QED) is 0.130. The van der Waals surface area contributed by atoms with Gasteiger partial charge in [0, 0.05) is 88.1 Å². The van der Waals surface area contributed by atoms with Crippen LogP contribution in [0.1, 0.15) is 16.7 Å². The molecule has 0 fully saturated rings. The van der Waals surface area contributed by atoms with Gasteiger partial charge < -0.3 is 18.3 Å². The van der Waals surface area contributed by atoms with Crippen molar-refractivity contribution in [2.45, 2.75) is 13.8 Å². The summed E-state index contributed by atoms with van der Waals surface area (Å²) in [5, 5.41) is 22.5. The van der Waals surface area contributed by atoms with Crippen molar-refractivity contribution in [2.24, 2.45) is 0 Å². The first-order valence-corrected chi connectivity index (χ1v) is 35.6. The molecule has 0 saturated carbocycles. The summed E-state index contributed by atoms with van der Waals surface area (Å²) in [5.74, 6) is 0. The van der Waals surface area contributed by atoms with Gasteiger partial charge in [0.05, 0.1) is 61.1 Å². The van der Waals surface area contributed by atoms with E-state index in [4.69, 9.17) is 4.98 Å². The molecule has 15 aromatic carbocycles. The van der Waals surface area contributed by atoms with Crippen molar-refractivity contribution in [1.29, 1.82) is 5.26 Å². The minimum absolute atomic E-state index is 0.548. The summed E-state index contributed by atoms with van der Waals surface area (Å²) in [6.45, 7) is 4.34. The average Bonchev–Trinajstić information content (AvgIpc) is 1.03. The van der Waals surface area contributed by atoms with Crippen molar-refractivity contribution < 1.29 is 0 Å². The molecule has 0 amide bonds. The number of rotatable bonds is 11. The molecule has 20 rings (SSSR count). The van der Waals surface area contributed by atoms with E-state index in [-0.39, 0.29) is 0 Å². The number of fused-ring (bicyclic) bond motifs is 12. The van der Waals surface area contributed by atoms with Crippen LogP contribution in [0.15, 0.2) is 352 Å². The van der Waals surface area contributed by atoms with E-state index in [1.165, 1.54) is 54.2 Å². The van der Waals surface area contributed by atoms with Crippen molar-refractivity contribution >= 4 is 87.2 Å². The maximum atomic E-state index is 12.9. The van der Waals surface area contributed by atoms with Crippen LogP contribution in [0.5, 0.6) is 0 Å². The van der Waals surface area contributed by atoms with Crippen LogP contribution >= 0.6 is 0 Å². The van der Waals surface area contributed by atoms with Gasteiger partial charge in [0.2, 0.25) is 0 Å². The van der Waals surface area contributed by atoms with Crippen LogP contribution in [-0.2, 0) is 0 Å². The van der Waals surface area contributed by atoms with Gasteiger partial charge in [-0.2, -0.15) is 5.26 Å². The third kappa shape index (κ3) is 9.59. The third-order valence-corrected chi connectivity index (χ3v) is 21.3. The molecule has 486 valence electrons. The Labute approximate surface area is 601 Å². The van der Waals surface area contributed by atoms with Crippen molar-refractivity contribution in [1.82, 2.24) is 23.3 Å². The molecular formula is C98H64N6. The van der Waals surface area contributed by atoms with Gasteiger partial charge in [-0.1, -0.05) is 242 Å². The van der Waals surface area contributed by atoms with Gasteiger partial charge in [-0.15, -0.1) is 0 Å². The highest BCUT2D eigenvalue weighted by atomic mass is 15.0. The highest BCUT2D eigenvalue weighted by Crippen LogP contribution is 2.54. The normalized spacial score (nSPS) is 11.7. The Morgan fingerprint density at radius 1 is 0.221 bits per heavy atom. The van der Waals surface area contributed by atoms with Crippen LogP contribution in [0.25, 0.3) is 188 Å². The van der Waals surface area contributed by atoms with E-state index in [2.05, 4.69) is 390 Å². The molecule has 6 nitrogen and oxygen atoms in total. The average molecular weight is 1330 g/mol. The Morgan fingerprint density at radius 2 is 0.471 bits per heavy atom. The van der Waals surface area contributed by atoms with E-state index in [0.717, 1.165) is 145 Å². The topological polar surface area (TPSA) is 56.4 Å². The second-order valence-electron chi connectivity index (χ2n) is 27.4. The molecular weight excluding hydrogens is 1260 g/mol. The third-order valence-electron chi connectivity index (χ3n) is 21.3. The summed E-state index contributed by atoms with van der Waals surface area (Å²) in [6, 6.07) is 130. The molecule has 0 aliphatic carbocycles. The first-order valence-electron chi connectivity index (χ1n) is 35.6. The first kappa shape index (κ1) is 60.1. The minimum Gasteiger partial charge on any atom is -0.309 e. The van der Waals surface area contributed by atoms with E-state index in [1.807, 2.05) is 0 Å². The molecule has 0 aliphatic rings. The number of benzene rings is 15. The molecule has 0 atom stereocenters. The van der Waals surface area contributed by atoms with Crippen LogP contribution in [0.3, 0.4) is 0 Å². The Balaban J connectivity index is 0.923. The molecule has 5 heterocycles. The Morgan fingerprint density at radius 3 is 0.769 bits per heavy atom. The lowest BCUT2D eigenvalue weighted by Gasteiger charge is -2.27. The second kappa shape index (κ2) is 24.2. The van der Waals surface area contributed by atoms with E-state index < -0.39 is 0 Å². The number of pyridine rings is 1. The zero-order valence-electron chi connectivity index (χ0n) is 57.2. The summed E-state index contributed by atoms with van der Waals surface area (Å²) >= 11 is 0. The van der Waals surface area contributed by atoms with E-state index in [9.17, 15) is 5.26 Å². The van der Waals surface area contributed by atoms with Crippen LogP contribution in [0.4, 0.5) is 0 Å². The molecule has 0 saturated heterocycles. The molecule has 104 heavy (non-hydrogen) atoms. The van der Waals surface area contributed by atoms with Gasteiger partial charge in [0.25, 0.3) is 0 Å². The fraction of sp³-hybridized carbons (Fsp3) is 0.0204. The predicted molar refractivity (Wildman–Crippen MR) is 434 cm³/mol. The lowest BCUT2D eigenvalue weighted by atomic mass is 9.75. The SMILES string of the molecule is Cc1ccc2c(c1)c1cc(C)ccc1n2-c1ccc(-c2c(C#N)c(-c3ccc(-n4c5ccccc5c5ccccc54)cc3)c(-c3cc(-c4ccccc4)nc(-c4ccccc4)c3)c(-c3ccc(-n4c5ccccc5c5ccccc54)cc3)c2-c2ccc(-n3c4ccccc4c4ccccc43)cc2)cc1. The van der Waals surface area contributed by atoms with Gasteiger partial charge in [0.1, 0.15) is 6.07 Å². The van der Waals surface area contributed by atoms with Gasteiger partial charge >= 0.3 is 0 Å². The number of nitriles is 1. The molecule has 0 radical (unpaired) electrons. The zero-order valence-corrected chi connectivity index (χ0v) is 57.2. The summed E-state index contributed by atoms with van der Waals surface area (Å²) < 4.78 is 9.53. The molecule has 6 heteroatoms. The minimum atomic E-state index is 0.548. The van der Waals surface area contributed by atoms with E-state index in [0.29, 0.717) is 5.56 Å². The Hall–Kier alpha value is -13.9. The van der Waals surface area contributed by atoms with Crippen molar-refractivity contribution in [3.8, 4) is 107 Å². The van der Waals surface area contributed by atoms with Crippen LogP contribution in [0.2, 0.25) is 0 Å². The van der Waals surface area contributed by atoms with Crippen molar-refractivity contribution in [3.05, 3.63) is 369 Å². The number of hydrogen-bond donors (Lipinski definition) is 0. The lowest BCUT2D eigenvalue weighted by Crippen LogP contribution is -2.04. The Bertz CT molecular complexity index is 6600. The molecule has 0 bridgehead atoms. The molecule has 0 unspecified atom stereocenters. The highest BCUT2D eigenvalue weighted by Gasteiger charge is 2.31. The molecule has 0 N–H and O–H groups in total. The van der Waals surface area contributed by atoms with Crippen molar-refractivity contribution in [3.63, 3.8) is 0 Å². The van der Waals surface area contributed by atoms with Crippen molar-refractivity contribution in [2.75, 3.05) is 0 Å². The maximum absolute atomic E-state index is 12.9. The fourth-order valence-corrected chi connectivity index (χ4v) is 16.7. The van der Waals surface area contributed by atoms with Crippen LogP contribution < -0.4 is 0 Å². The van der Waals surface area contributed by atoms with Crippen LogP contribution in [0, 0.1) is 25.2 Å². The summed E-state index contributed by atoms with van der Waals surface area (Å²) in [5.41, 5.74) is 28.8. The standard InChI is InChI=1S/C98H64N6/c1-62-37-55-92-81(57-62)82-58-63(2)38-56-93(82)104(92)74-49-39-66(40-50-74)94-83(61-99)95(67-41-47-71(48-42-67)101-86-31-15-9-25-75(86)76-26-10-16-32-87(76)101)98(70-59-84(64-21-5-3-6-22-64)100-85(60-70)65-23-7-4-8-24-65)97(69-45-53-73(54-46-69)103-90-35-19-13-29-79(90)80-30-14-20-36-91(80)103)96(94)68-43-51-72(52-44-68)102-88-33-17-11-27-77(88)78-28-12-18-34-89(78)102/h3-60H,1-2H3. The predicted octanol–water partition coefficient (Wildman–Crippen LogP) is 25.6. The smallest absolute Gasteiger partial charge is 0.100 e. The number of para-hydroxylation sites is 6. The summed E-state index contributed by atoms with van der Waals surface area (Å²) in [6.07, 6.45) is 0. The van der Waals surface area contributed by atoms with Gasteiger partial charge in [-0.25, -0.2) is 4.98 Å². The van der Waals surface area contributed by atoms with E-state index in [1.54, 1.807) is 0 Å². The summed E-state index contributed by atoms with van der Waals surface area (Å²) in [7, 11) is 0. The number of aromatic nitrogens is 5. The van der Waals surface area contributed by atoms with Gasteiger partial charge in [-0.3, -0.25) is 0 Å². The lowest BCUT2D eigenvalue weighted by molar-refractivity contribution is 1.18. The second-order valence-corrected chi connectivity index (χ2v) is 27.4. The first-order chi connectivity index (χ1) is 51.4. The molecule has 0 aliphatic heterocycles. The Kier molecular flexibility index (Phi) is 14.0. The summed E-state index contributed by atoms with van der Waals surface area (Å²) in [4.78, 5) is 5.55. The monoisotopic (exact) mass is 1320 g/mol. The maximum Gasteiger partial charge on any atom is 0.100 e. The largest absolute Gasteiger partial charge is 0.309 e.